The third-order valence-electron chi connectivity index (χ3n) is 5.06. The summed E-state index contributed by atoms with van der Waals surface area (Å²) in [5.74, 6) is 0. The minimum atomic E-state index is -0.260. The van der Waals surface area contributed by atoms with E-state index in [0.29, 0.717) is 0 Å². The Balaban J connectivity index is 3.85. The Hall–Kier alpha value is 0.234. The van der Waals surface area contributed by atoms with Crippen molar-refractivity contribution in [3.8, 4) is 0 Å². The van der Waals surface area contributed by atoms with E-state index in [4.69, 9.17) is 18.3 Å². The number of ether oxygens (including phenoxy) is 2. The molecule has 0 aromatic heterocycles. The van der Waals surface area contributed by atoms with Gasteiger partial charge in [-0.25, -0.2) is 0 Å². The topological polar surface area (TPSA) is 40.2 Å². The molecule has 182 valence electrons. The Kier molecular flexibility index (Phi) is 18.9. The van der Waals surface area contributed by atoms with Crippen molar-refractivity contribution in [2.75, 3.05) is 46.6 Å². The molecule has 0 fully saturated rings. The van der Waals surface area contributed by atoms with Crippen LogP contribution in [0.5, 0.6) is 0 Å². The van der Waals surface area contributed by atoms with Gasteiger partial charge in [-0.3, -0.25) is 0 Å². The van der Waals surface area contributed by atoms with Crippen LogP contribution in [0.2, 0.25) is 12.1 Å². The van der Waals surface area contributed by atoms with Crippen LogP contribution in [-0.4, -0.2) is 82.2 Å². The van der Waals surface area contributed by atoms with Gasteiger partial charge in [0.25, 0.3) is 0 Å². The predicted molar refractivity (Wildman–Crippen MR) is 135 cm³/mol. The van der Waals surface area contributed by atoms with Gasteiger partial charge in [0.15, 0.2) is 19.5 Å². The molecule has 0 spiro atoms. The van der Waals surface area contributed by atoms with Crippen LogP contribution in [0.3, 0.4) is 0 Å². The lowest BCUT2D eigenvalue weighted by Gasteiger charge is -2.35. The fraction of sp³-hybridized carbons (Fsp3) is 1.00. The molecule has 30 heavy (non-hydrogen) atoms. The molecule has 0 aliphatic carbocycles. The Labute approximate surface area is 192 Å². The second-order valence-corrected chi connectivity index (χ2v) is 12.7. The molecular formula is C23H53NO4Si2. The highest BCUT2D eigenvalue weighted by Crippen LogP contribution is 2.17. The minimum absolute atomic E-state index is 0.130. The second-order valence-electron chi connectivity index (χ2n) is 9.61. The van der Waals surface area contributed by atoms with Crippen molar-refractivity contribution >= 4 is 19.5 Å². The summed E-state index contributed by atoms with van der Waals surface area (Å²) < 4.78 is 23.4. The SMILES string of the molecule is CCO[SiH2]CCCCCOC(C)(C)CN(C)CC(C)(C)OCCCCC[SiH2]OCC. The van der Waals surface area contributed by atoms with Crippen molar-refractivity contribution in [2.45, 2.75) is 103 Å². The van der Waals surface area contributed by atoms with Gasteiger partial charge >= 0.3 is 0 Å². The first-order valence-electron chi connectivity index (χ1n) is 12.3. The first-order chi connectivity index (χ1) is 14.2. The van der Waals surface area contributed by atoms with E-state index >= 15 is 0 Å². The summed E-state index contributed by atoms with van der Waals surface area (Å²) >= 11 is 0. The van der Waals surface area contributed by atoms with Crippen molar-refractivity contribution in [2.24, 2.45) is 0 Å². The van der Waals surface area contributed by atoms with Crippen LogP contribution < -0.4 is 0 Å². The van der Waals surface area contributed by atoms with Gasteiger partial charge in [0.1, 0.15) is 0 Å². The molecule has 0 rings (SSSR count). The van der Waals surface area contributed by atoms with E-state index in [-0.39, 0.29) is 30.7 Å². The van der Waals surface area contributed by atoms with Gasteiger partial charge in [0.2, 0.25) is 0 Å². The van der Waals surface area contributed by atoms with Crippen molar-refractivity contribution < 1.29 is 18.3 Å². The van der Waals surface area contributed by atoms with Crippen LogP contribution in [0.15, 0.2) is 0 Å². The molecule has 0 N–H and O–H groups in total. The molecule has 0 atom stereocenters. The van der Waals surface area contributed by atoms with E-state index in [1.54, 1.807) is 0 Å². The molecule has 0 saturated carbocycles. The minimum Gasteiger partial charge on any atom is -0.424 e. The zero-order chi connectivity index (χ0) is 22.7. The number of hydrogen-bond donors (Lipinski definition) is 0. The largest absolute Gasteiger partial charge is 0.424 e. The summed E-state index contributed by atoms with van der Waals surface area (Å²) in [6, 6.07) is 2.59. The lowest BCUT2D eigenvalue weighted by molar-refractivity contribution is -0.0682. The molecule has 0 aromatic rings. The van der Waals surface area contributed by atoms with E-state index in [1.807, 2.05) is 0 Å². The smallest absolute Gasteiger partial charge is 0.161 e. The summed E-state index contributed by atoms with van der Waals surface area (Å²) in [6.45, 7) is 18.3. The van der Waals surface area contributed by atoms with E-state index in [0.717, 1.165) is 52.4 Å². The quantitative estimate of drug-likeness (QED) is 0.180. The van der Waals surface area contributed by atoms with Crippen LogP contribution in [0, 0.1) is 0 Å². The number of nitrogens with zero attached hydrogens (tertiary/aromatic N) is 1. The zero-order valence-corrected chi connectivity index (χ0v) is 24.2. The molecule has 0 aliphatic heterocycles. The van der Waals surface area contributed by atoms with E-state index in [1.165, 1.54) is 37.8 Å². The zero-order valence-electron chi connectivity index (χ0n) is 21.4. The highest BCUT2D eigenvalue weighted by atomic mass is 28.2. The van der Waals surface area contributed by atoms with Gasteiger partial charge in [-0.15, -0.1) is 0 Å². The molecule has 0 heterocycles. The van der Waals surface area contributed by atoms with Gasteiger partial charge in [-0.05, 0) is 73.5 Å². The Morgan fingerprint density at radius 1 is 0.633 bits per heavy atom. The third-order valence-corrected chi connectivity index (χ3v) is 8.03. The Morgan fingerprint density at radius 3 is 1.40 bits per heavy atom. The molecule has 0 aromatic carbocycles. The summed E-state index contributed by atoms with van der Waals surface area (Å²) in [7, 11) is 1.65. The molecule has 0 bridgehead atoms. The molecule has 0 amide bonds. The maximum Gasteiger partial charge on any atom is 0.161 e. The maximum atomic E-state index is 6.19. The van der Waals surface area contributed by atoms with Gasteiger partial charge in [-0.1, -0.05) is 25.7 Å². The third kappa shape index (κ3) is 20.2. The first-order valence-corrected chi connectivity index (χ1v) is 15.5. The van der Waals surface area contributed by atoms with Gasteiger partial charge < -0.3 is 23.2 Å². The van der Waals surface area contributed by atoms with Crippen molar-refractivity contribution in [3.05, 3.63) is 0 Å². The van der Waals surface area contributed by atoms with Gasteiger partial charge in [0, 0.05) is 39.5 Å². The lowest BCUT2D eigenvalue weighted by atomic mass is 10.1. The van der Waals surface area contributed by atoms with Gasteiger partial charge in [0.05, 0.1) is 11.2 Å². The fourth-order valence-corrected chi connectivity index (χ4v) is 5.85. The standard InChI is InChI=1S/C23H53NO4Si2/c1-8-27-29-18-14-10-12-16-25-22(3,4)20-24(7)21-23(5,6)26-17-13-11-15-19-30-28-9-2/h8-21,29-30H2,1-7H3. The summed E-state index contributed by atoms with van der Waals surface area (Å²) in [6.07, 6.45) is 7.37. The molecule has 0 saturated heterocycles. The number of likely N-dealkylation sites (N-methyl/N-ethyl adjacent to an activating group) is 1. The van der Waals surface area contributed by atoms with E-state index in [9.17, 15) is 0 Å². The summed E-state index contributed by atoms with van der Waals surface area (Å²) in [5.41, 5.74) is -0.259. The Bertz CT molecular complexity index is 350. The van der Waals surface area contributed by atoms with Crippen LogP contribution in [0.4, 0.5) is 0 Å². The normalized spacial score (nSPS) is 13.6. The fourth-order valence-electron chi connectivity index (χ4n) is 3.75. The first kappa shape index (κ1) is 30.2. The van der Waals surface area contributed by atoms with Crippen molar-refractivity contribution in [1.82, 2.24) is 4.90 Å². The molecule has 0 radical (unpaired) electrons. The van der Waals surface area contributed by atoms with Crippen LogP contribution >= 0.6 is 0 Å². The van der Waals surface area contributed by atoms with Crippen LogP contribution in [-0.2, 0) is 18.3 Å². The molecule has 0 unspecified atom stereocenters. The number of hydrogen-bond acceptors (Lipinski definition) is 5. The summed E-state index contributed by atoms with van der Waals surface area (Å²) in [4.78, 5) is 2.35. The van der Waals surface area contributed by atoms with Crippen LogP contribution in [0.25, 0.3) is 0 Å². The number of rotatable bonds is 22. The maximum absolute atomic E-state index is 6.19. The van der Waals surface area contributed by atoms with Crippen molar-refractivity contribution in [3.63, 3.8) is 0 Å². The molecular weight excluding hydrogens is 410 g/mol. The number of unbranched alkanes of at least 4 members (excludes halogenated alkanes) is 4. The van der Waals surface area contributed by atoms with Crippen LogP contribution in [0.1, 0.15) is 80.1 Å². The average molecular weight is 464 g/mol. The lowest BCUT2D eigenvalue weighted by Crippen LogP contribution is -2.45. The van der Waals surface area contributed by atoms with E-state index < -0.39 is 0 Å². The highest BCUT2D eigenvalue weighted by molar-refractivity contribution is 6.27. The monoisotopic (exact) mass is 463 g/mol. The molecule has 0 aliphatic rings. The predicted octanol–water partition coefficient (Wildman–Crippen LogP) is 3.93. The summed E-state index contributed by atoms with van der Waals surface area (Å²) in [5, 5.41) is 0. The Morgan fingerprint density at radius 2 is 1.03 bits per heavy atom. The molecule has 5 nitrogen and oxygen atoms in total. The average Bonchev–Trinajstić information content (AvgIpc) is 2.65. The second kappa shape index (κ2) is 18.8. The van der Waals surface area contributed by atoms with Gasteiger partial charge in [-0.2, -0.15) is 0 Å². The van der Waals surface area contributed by atoms with Crippen molar-refractivity contribution in [1.29, 1.82) is 0 Å². The molecule has 7 heteroatoms. The highest BCUT2D eigenvalue weighted by Gasteiger charge is 2.26. The van der Waals surface area contributed by atoms with E-state index in [2.05, 4.69) is 53.5 Å².